The van der Waals surface area contributed by atoms with Gasteiger partial charge in [0.1, 0.15) is 11.6 Å². The van der Waals surface area contributed by atoms with E-state index in [2.05, 4.69) is 15.3 Å². The lowest BCUT2D eigenvalue weighted by Crippen LogP contribution is -1.99. The first kappa shape index (κ1) is 13.3. The molecule has 21 heavy (non-hydrogen) atoms. The maximum Gasteiger partial charge on any atom is 0.140 e. The summed E-state index contributed by atoms with van der Waals surface area (Å²) in [5.41, 5.74) is 2.82. The lowest BCUT2D eigenvalue weighted by molar-refractivity contribution is 0.628. The number of halogens is 1. The summed E-state index contributed by atoms with van der Waals surface area (Å²) in [7, 11) is 1.93. The highest BCUT2D eigenvalue weighted by Gasteiger charge is 2.07. The summed E-state index contributed by atoms with van der Waals surface area (Å²) in [6.07, 6.45) is 5.45. The van der Waals surface area contributed by atoms with Crippen molar-refractivity contribution in [3.05, 3.63) is 66.5 Å². The van der Waals surface area contributed by atoms with Crippen LogP contribution in [0.2, 0.25) is 0 Å². The van der Waals surface area contributed by atoms with Gasteiger partial charge in [-0.15, -0.1) is 0 Å². The predicted molar refractivity (Wildman–Crippen MR) is 80.2 cm³/mol. The Hall–Kier alpha value is -2.69. The van der Waals surface area contributed by atoms with E-state index in [0.717, 1.165) is 22.8 Å². The molecule has 0 fully saturated rings. The minimum atomic E-state index is -0.243. The molecule has 0 aliphatic carbocycles. The molecule has 106 valence electrons. The van der Waals surface area contributed by atoms with Crippen LogP contribution in [0.15, 0.2) is 55.0 Å². The quantitative estimate of drug-likeness (QED) is 0.799. The molecular weight excluding hydrogens is 267 g/mol. The monoisotopic (exact) mass is 282 g/mol. The Bertz CT molecular complexity index is 720. The summed E-state index contributed by atoms with van der Waals surface area (Å²) in [6, 6.07) is 10.2. The molecule has 0 radical (unpaired) electrons. The van der Waals surface area contributed by atoms with E-state index >= 15 is 0 Å². The fourth-order valence-corrected chi connectivity index (χ4v) is 2.14. The van der Waals surface area contributed by atoms with Crippen LogP contribution in [0.1, 0.15) is 5.69 Å². The van der Waals surface area contributed by atoms with Gasteiger partial charge in [0.05, 0.1) is 12.2 Å². The number of aromatic nitrogens is 3. The van der Waals surface area contributed by atoms with Crippen LogP contribution < -0.4 is 5.32 Å². The van der Waals surface area contributed by atoms with Crippen LogP contribution >= 0.6 is 0 Å². The second-order valence-corrected chi connectivity index (χ2v) is 4.76. The average Bonchev–Trinajstić information content (AvgIpc) is 2.88. The summed E-state index contributed by atoms with van der Waals surface area (Å²) in [4.78, 5) is 8.56. The molecule has 3 rings (SSSR count). The largest absolute Gasteiger partial charge is 0.379 e. The first-order valence-corrected chi connectivity index (χ1v) is 6.64. The number of nitrogens with zero attached hydrogens (tertiary/aromatic N) is 3. The summed E-state index contributed by atoms with van der Waals surface area (Å²) in [5.74, 6) is 0.578. The van der Waals surface area contributed by atoms with Gasteiger partial charge in [-0.1, -0.05) is 0 Å². The van der Waals surface area contributed by atoms with Gasteiger partial charge in [-0.3, -0.25) is 4.98 Å². The van der Waals surface area contributed by atoms with Gasteiger partial charge in [0.2, 0.25) is 0 Å². The third kappa shape index (κ3) is 3.08. The Morgan fingerprint density at radius 1 is 1.10 bits per heavy atom. The van der Waals surface area contributed by atoms with Crippen molar-refractivity contribution in [3.8, 4) is 11.4 Å². The van der Waals surface area contributed by atoms with Crippen molar-refractivity contribution >= 4 is 5.69 Å². The Morgan fingerprint density at radius 2 is 1.81 bits per heavy atom. The topological polar surface area (TPSA) is 42.7 Å². The van der Waals surface area contributed by atoms with Gasteiger partial charge < -0.3 is 9.88 Å². The summed E-state index contributed by atoms with van der Waals surface area (Å²) >= 11 is 0. The van der Waals surface area contributed by atoms with E-state index in [1.165, 1.54) is 12.1 Å². The highest BCUT2D eigenvalue weighted by atomic mass is 19.1. The standard InChI is InChI=1S/C16H15FN4/c1-21-11-15(10-19-14-6-8-18-9-7-14)20-16(21)12-2-4-13(17)5-3-12/h2-9,11H,10H2,1H3,(H,18,19). The molecule has 0 saturated carbocycles. The molecular formula is C16H15FN4. The highest BCUT2D eigenvalue weighted by Crippen LogP contribution is 2.19. The zero-order chi connectivity index (χ0) is 14.7. The normalized spacial score (nSPS) is 10.6. The van der Waals surface area contributed by atoms with Gasteiger partial charge in [-0.2, -0.15) is 0 Å². The summed E-state index contributed by atoms with van der Waals surface area (Å²) < 4.78 is 14.9. The van der Waals surface area contributed by atoms with Gasteiger partial charge in [-0.05, 0) is 36.4 Å². The molecule has 0 spiro atoms. The molecule has 0 aliphatic rings. The SMILES string of the molecule is Cn1cc(CNc2ccncc2)nc1-c1ccc(F)cc1. The molecule has 2 heterocycles. The third-order valence-electron chi connectivity index (χ3n) is 3.18. The van der Waals surface area contributed by atoms with Crippen LogP contribution in [-0.2, 0) is 13.6 Å². The van der Waals surface area contributed by atoms with Gasteiger partial charge >= 0.3 is 0 Å². The number of imidazole rings is 1. The molecule has 0 bridgehead atoms. The fourth-order valence-electron chi connectivity index (χ4n) is 2.14. The number of hydrogen-bond donors (Lipinski definition) is 1. The summed E-state index contributed by atoms with van der Waals surface area (Å²) in [6.45, 7) is 0.624. The van der Waals surface area contributed by atoms with Crippen molar-refractivity contribution in [1.29, 1.82) is 0 Å². The smallest absolute Gasteiger partial charge is 0.140 e. The second-order valence-electron chi connectivity index (χ2n) is 4.76. The maximum atomic E-state index is 13.0. The Kier molecular flexibility index (Phi) is 3.64. The number of anilines is 1. The van der Waals surface area contributed by atoms with E-state index in [-0.39, 0.29) is 5.82 Å². The number of pyridine rings is 1. The molecule has 0 atom stereocenters. The molecule has 2 aromatic heterocycles. The Morgan fingerprint density at radius 3 is 2.52 bits per heavy atom. The maximum absolute atomic E-state index is 13.0. The highest BCUT2D eigenvalue weighted by molar-refractivity contribution is 5.56. The zero-order valence-electron chi connectivity index (χ0n) is 11.6. The van der Waals surface area contributed by atoms with Crippen molar-refractivity contribution in [2.24, 2.45) is 7.05 Å². The Labute approximate surface area is 122 Å². The van der Waals surface area contributed by atoms with E-state index in [1.807, 2.05) is 29.9 Å². The second kappa shape index (κ2) is 5.75. The number of benzene rings is 1. The van der Waals surface area contributed by atoms with Gasteiger partial charge in [-0.25, -0.2) is 9.37 Å². The molecule has 0 saturated heterocycles. The number of hydrogen-bond acceptors (Lipinski definition) is 3. The lowest BCUT2D eigenvalue weighted by Gasteiger charge is -2.02. The van der Waals surface area contributed by atoms with Crippen molar-refractivity contribution in [3.63, 3.8) is 0 Å². The molecule has 1 N–H and O–H groups in total. The Balaban J connectivity index is 1.76. The van der Waals surface area contributed by atoms with Crippen LogP contribution in [-0.4, -0.2) is 14.5 Å². The van der Waals surface area contributed by atoms with E-state index < -0.39 is 0 Å². The van der Waals surface area contributed by atoms with Crippen molar-refractivity contribution in [2.45, 2.75) is 6.54 Å². The van der Waals surface area contributed by atoms with Crippen molar-refractivity contribution in [2.75, 3.05) is 5.32 Å². The molecule has 4 nitrogen and oxygen atoms in total. The van der Waals surface area contributed by atoms with Crippen LogP contribution in [0.3, 0.4) is 0 Å². The summed E-state index contributed by atoms with van der Waals surface area (Å²) in [5, 5.41) is 3.29. The minimum absolute atomic E-state index is 0.243. The number of nitrogens with one attached hydrogen (secondary N) is 1. The molecule has 0 unspecified atom stereocenters. The van der Waals surface area contributed by atoms with E-state index in [4.69, 9.17) is 0 Å². The van der Waals surface area contributed by atoms with Crippen LogP contribution in [0.25, 0.3) is 11.4 Å². The lowest BCUT2D eigenvalue weighted by atomic mass is 10.2. The van der Waals surface area contributed by atoms with E-state index in [9.17, 15) is 4.39 Å². The predicted octanol–water partition coefficient (Wildman–Crippen LogP) is 3.23. The molecule has 1 aromatic carbocycles. The van der Waals surface area contributed by atoms with Gasteiger partial charge in [0.25, 0.3) is 0 Å². The first-order chi connectivity index (χ1) is 10.2. The fraction of sp³-hybridized carbons (Fsp3) is 0.125. The van der Waals surface area contributed by atoms with Crippen LogP contribution in [0.5, 0.6) is 0 Å². The van der Waals surface area contributed by atoms with E-state index in [0.29, 0.717) is 6.54 Å². The van der Waals surface area contributed by atoms with Gasteiger partial charge in [0, 0.05) is 36.9 Å². The first-order valence-electron chi connectivity index (χ1n) is 6.64. The van der Waals surface area contributed by atoms with Crippen molar-refractivity contribution in [1.82, 2.24) is 14.5 Å². The molecule has 0 amide bonds. The molecule has 5 heteroatoms. The van der Waals surface area contributed by atoms with E-state index in [1.54, 1.807) is 24.5 Å². The van der Waals surface area contributed by atoms with Gasteiger partial charge in [0.15, 0.2) is 0 Å². The van der Waals surface area contributed by atoms with Crippen LogP contribution in [0, 0.1) is 5.82 Å². The molecule has 3 aromatic rings. The number of aryl methyl sites for hydroxylation is 1. The minimum Gasteiger partial charge on any atom is -0.379 e. The third-order valence-corrected chi connectivity index (χ3v) is 3.18. The number of rotatable bonds is 4. The van der Waals surface area contributed by atoms with Crippen molar-refractivity contribution < 1.29 is 4.39 Å². The average molecular weight is 282 g/mol. The molecule has 0 aliphatic heterocycles. The van der Waals surface area contributed by atoms with Crippen LogP contribution in [0.4, 0.5) is 10.1 Å². The zero-order valence-corrected chi connectivity index (χ0v) is 11.6.